The van der Waals surface area contributed by atoms with E-state index < -0.39 is 29.5 Å². The summed E-state index contributed by atoms with van der Waals surface area (Å²) in [5, 5.41) is 18.6. The summed E-state index contributed by atoms with van der Waals surface area (Å²) in [6.45, 7) is 0. The molecule has 18 heavy (non-hydrogen) atoms. The monoisotopic (exact) mass is 248 g/mol. The molecule has 0 aliphatic carbocycles. The van der Waals surface area contributed by atoms with Crippen LogP contribution >= 0.6 is 0 Å². The van der Waals surface area contributed by atoms with Crippen LogP contribution in [0, 0.1) is 0 Å². The number of carboxylic acids is 1. The van der Waals surface area contributed by atoms with E-state index in [-0.39, 0.29) is 16.5 Å². The Hall–Kier alpha value is -2.63. The number of ketones is 1. The van der Waals surface area contributed by atoms with E-state index in [0.717, 1.165) is 0 Å². The van der Waals surface area contributed by atoms with Gasteiger partial charge in [-0.15, -0.1) is 0 Å². The molecule has 0 aliphatic rings. The Morgan fingerprint density at radius 2 is 1.89 bits per heavy atom. The third-order valence-corrected chi connectivity index (χ3v) is 2.45. The highest BCUT2D eigenvalue weighted by molar-refractivity contribution is 6.33. The van der Waals surface area contributed by atoms with Gasteiger partial charge in [0.05, 0.1) is 17.4 Å². The number of rotatable bonds is 3. The number of fused-ring (bicyclic) bond motifs is 1. The van der Waals surface area contributed by atoms with Crippen molar-refractivity contribution in [2.75, 3.05) is 0 Å². The molecule has 2 aromatic rings. The average molecular weight is 248 g/mol. The molecule has 0 unspecified atom stereocenters. The van der Waals surface area contributed by atoms with Gasteiger partial charge in [-0.05, 0) is 12.1 Å². The number of carbonyl (C=O) groups is 2. The fraction of sp³-hybridized carbons (Fsp3) is 0.0833. The van der Waals surface area contributed by atoms with E-state index in [1.165, 1.54) is 12.1 Å². The smallest absolute Gasteiger partial charge is 0.372 e. The lowest BCUT2D eigenvalue weighted by Gasteiger charge is -2.04. The fourth-order valence-electron chi connectivity index (χ4n) is 1.56. The molecule has 0 fully saturated rings. The van der Waals surface area contributed by atoms with Crippen LogP contribution in [0.1, 0.15) is 5.56 Å². The van der Waals surface area contributed by atoms with Gasteiger partial charge in [0.1, 0.15) is 11.3 Å². The number of carboxylic acid groups (broad SMARTS) is 1. The van der Waals surface area contributed by atoms with Crippen LogP contribution in [-0.4, -0.2) is 22.0 Å². The Morgan fingerprint density at radius 1 is 1.22 bits per heavy atom. The zero-order valence-corrected chi connectivity index (χ0v) is 9.04. The fourth-order valence-corrected chi connectivity index (χ4v) is 1.56. The molecule has 0 spiro atoms. The van der Waals surface area contributed by atoms with Gasteiger partial charge in [-0.2, -0.15) is 0 Å². The summed E-state index contributed by atoms with van der Waals surface area (Å²) in [5.74, 6) is -3.27. The molecule has 1 aromatic carbocycles. The minimum absolute atomic E-state index is 0.173. The summed E-state index contributed by atoms with van der Waals surface area (Å²) in [5.41, 5.74) is -1.09. The molecule has 0 aliphatic heterocycles. The molecule has 2 rings (SSSR count). The van der Waals surface area contributed by atoms with Crippen LogP contribution in [0.5, 0.6) is 5.75 Å². The van der Waals surface area contributed by atoms with Crippen LogP contribution in [-0.2, 0) is 16.0 Å². The number of benzene rings is 1. The molecule has 0 atom stereocenters. The number of para-hydroxylation sites is 1. The predicted octanol–water partition coefficient (Wildman–Crippen LogP) is 0.695. The maximum Gasteiger partial charge on any atom is 0.372 e. The summed E-state index contributed by atoms with van der Waals surface area (Å²) < 4.78 is 4.89. The third-order valence-electron chi connectivity index (χ3n) is 2.45. The van der Waals surface area contributed by atoms with Crippen LogP contribution in [0.4, 0.5) is 0 Å². The van der Waals surface area contributed by atoms with Crippen molar-refractivity contribution >= 4 is 22.7 Å². The van der Waals surface area contributed by atoms with E-state index in [1.54, 1.807) is 12.1 Å². The number of aromatic hydroxyl groups is 1. The molecule has 6 heteroatoms. The second-order valence-electron chi connectivity index (χ2n) is 3.62. The Kier molecular flexibility index (Phi) is 2.85. The Balaban J connectivity index is 2.61. The molecule has 1 aromatic heterocycles. The highest BCUT2D eigenvalue weighted by Gasteiger charge is 2.20. The first-order valence-corrected chi connectivity index (χ1v) is 5.00. The number of hydrogen-bond donors (Lipinski definition) is 2. The largest absolute Gasteiger partial charge is 0.507 e. The lowest BCUT2D eigenvalue weighted by molar-refractivity contribution is -0.148. The van der Waals surface area contributed by atoms with Crippen molar-refractivity contribution in [3.05, 3.63) is 40.2 Å². The van der Waals surface area contributed by atoms with E-state index >= 15 is 0 Å². The van der Waals surface area contributed by atoms with Crippen molar-refractivity contribution in [2.24, 2.45) is 0 Å². The maximum atomic E-state index is 11.5. The van der Waals surface area contributed by atoms with Crippen LogP contribution < -0.4 is 5.63 Å². The SMILES string of the molecule is O=C(O)C(=O)Cc1c(O)c2ccccc2oc1=O. The van der Waals surface area contributed by atoms with Crippen LogP contribution in [0.2, 0.25) is 0 Å². The molecule has 92 valence electrons. The molecule has 0 radical (unpaired) electrons. The normalized spacial score (nSPS) is 10.4. The van der Waals surface area contributed by atoms with Crippen molar-refractivity contribution in [1.29, 1.82) is 0 Å². The first-order valence-electron chi connectivity index (χ1n) is 5.00. The molecule has 2 N–H and O–H groups in total. The molecule has 1 heterocycles. The van der Waals surface area contributed by atoms with Crippen molar-refractivity contribution in [1.82, 2.24) is 0 Å². The van der Waals surface area contributed by atoms with Gasteiger partial charge in [0.25, 0.3) is 0 Å². The lowest BCUT2D eigenvalue weighted by atomic mass is 10.1. The van der Waals surface area contributed by atoms with E-state index in [4.69, 9.17) is 9.52 Å². The molecule has 6 nitrogen and oxygen atoms in total. The number of carbonyl (C=O) groups excluding carboxylic acids is 1. The van der Waals surface area contributed by atoms with Crippen molar-refractivity contribution in [2.45, 2.75) is 6.42 Å². The summed E-state index contributed by atoms with van der Waals surface area (Å²) >= 11 is 0. The van der Waals surface area contributed by atoms with Gasteiger partial charge in [0.2, 0.25) is 5.78 Å². The standard InChI is InChI=1S/C12H8O6/c13-8(11(15)16)5-7-10(14)6-3-1-2-4-9(6)18-12(7)17/h1-4,14H,5H2,(H,15,16). The van der Waals surface area contributed by atoms with Crippen LogP contribution in [0.3, 0.4) is 0 Å². The van der Waals surface area contributed by atoms with Gasteiger partial charge >= 0.3 is 11.6 Å². The summed E-state index contributed by atoms with van der Waals surface area (Å²) in [6.07, 6.45) is -0.700. The lowest BCUT2D eigenvalue weighted by Crippen LogP contribution is -2.19. The summed E-state index contributed by atoms with van der Waals surface area (Å²) in [4.78, 5) is 33.0. The third kappa shape index (κ3) is 1.95. The molecule has 0 amide bonds. The van der Waals surface area contributed by atoms with Crippen molar-refractivity contribution < 1.29 is 24.2 Å². The zero-order chi connectivity index (χ0) is 13.3. The van der Waals surface area contributed by atoms with Crippen molar-refractivity contribution in [3.8, 4) is 5.75 Å². The summed E-state index contributed by atoms with van der Waals surface area (Å²) in [6, 6.07) is 6.22. The minimum atomic E-state index is -1.66. The second-order valence-corrected chi connectivity index (χ2v) is 3.62. The van der Waals surface area contributed by atoms with E-state index in [0.29, 0.717) is 0 Å². The Morgan fingerprint density at radius 3 is 2.56 bits per heavy atom. The van der Waals surface area contributed by atoms with E-state index in [9.17, 15) is 19.5 Å². The number of Topliss-reactive ketones (excluding diaryl/α,β-unsaturated/α-hetero) is 1. The molecule has 0 bridgehead atoms. The van der Waals surface area contributed by atoms with Gasteiger partial charge in [-0.1, -0.05) is 12.1 Å². The van der Waals surface area contributed by atoms with Gasteiger partial charge in [-0.25, -0.2) is 9.59 Å². The van der Waals surface area contributed by atoms with Crippen LogP contribution in [0.15, 0.2) is 33.5 Å². The first-order chi connectivity index (χ1) is 8.50. The Labute approximate surface area is 100 Å². The molecule has 0 saturated heterocycles. The molecule has 0 saturated carbocycles. The zero-order valence-electron chi connectivity index (χ0n) is 9.04. The quantitative estimate of drug-likeness (QED) is 0.611. The number of hydrogen-bond acceptors (Lipinski definition) is 5. The second kappa shape index (κ2) is 4.33. The van der Waals surface area contributed by atoms with Crippen LogP contribution in [0.25, 0.3) is 11.0 Å². The van der Waals surface area contributed by atoms with E-state index in [2.05, 4.69) is 0 Å². The topological polar surface area (TPSA) is 105 Å². The highest BCUT2D eigenvalue weighted by Crippen LogP contribution is 2.26. The van der Waals surface area contributed by atoms with E-state index in [1.807, 2.05) is 0 Å². The van der Waals surface area contributed by atoms with Gasteiger partial charge in [-0.3, -0.25) is 4.79 Å². The highest BCUT2D eigenvalue weighted by atomic mass is 16.4. The number of aliphatic carboxylic acids is 1. The van der Waals surface area contributed by atoms with Crippen molar-refractivity contribution in [3.63, 3.8) is 0 Å². The van der Waals surface area contributed by atoms with Gasteiger partial charge in [0.15, 0.2) is 0 Å². The summed E-state index contributed by atoms with van der Waals surface area (Å²) in [7, 11) is 0. The molecular formula is C12H8O6. The Bertz CT molecular complexity index is 697. The first kappa shape index (κ1) is 11.8. The average Bonchev–Trinajstić information content (AvgIpc) is 2.34. The van der Waals surface area contributed by atoms with Gasteiger partial charge in [0, 0.05) is 0 Å². The maximum absolute atomic E-state index is 11.5. The minimum Gasteiger partial charge on any atom is -0.507 e. The van der Waals surface area contributed by atoms with Gasteiger partial charge < -0.3 is 14.6 Å². The molecular weight excluding hydrogens is 240 g/mol. The predicted molar refractivity (Wildman–Crippen MR) is 60.5 cm³/mol.